The topological polar surface area (TPSA) is 160 Å². The first-order chi connectivity index (χ1) is 13.8. The van der Waals surface area contributed by atoms with E-state index in [9.17, 15) is 27.6 Å². The van der Waals surface area contributed by atoms with Crippen LogP contribution in [0.5, 0.6) is 0 Å². The monoisotopic (exact) mass is 448 g/mol. The number of aromatic amines is 1. The van der Waals surface area contributed by atoms with Crippen LogP contribution in [0.25, 0.3) is 0 Å². The van der Waals surface area contributed by atoms with Crippen LogP contribution in [0.3, 0.4) is 0 Å². The Bertz CT molecular complexity index is 1030. The number of H-pyrrole nitrogens is 1. The van der Waals surface area contributed by atoms with Crippen molar-refractivity contribution in [2.75, 3.05) is 12.9 Å². The van der Waals surface area contributed by atoms with E-state index in [1.165, 1.54) is 6.20 Å². The van der Waals surface area contributed by atoms with E-state index in [-0.39, 0.29) is 11.5 Å². The number of hydrogen-bond donors (Lipinski definition) is 1. The van der Waals surface area contributed by atoms with E-state index in [1.807, 2.05) is 0 Å². The van der Waals surface area contributed by atoms with Crippen molar-refractivity contribution in [1.29, 1.82) is 0 Å². The van der Waals surface area contributed by atoms with Gasteiger partial charge in [-0.3, -0.25) is 28.1 Å². The molecular weight excluding hydrogens is 424 g/mol. The number of nitrogens with zero attached hydrogens (tertiary/aromatic N) is 1. The van der Waals surface area contributed by atoms with Crippen molar-refractivity contribution in [2.45, 2.75) is 58.2 Å². The molecule has 0 radical (unpaired) electrons. The minimum absolute atomic E-state index is 0.254. The zero-order chi connectivity index (χ0) is 22.8. The Labute approximate surface area is 172 Å². The van der Waals surface area contributed by atoms with Crippen LogP contribution in [0.2, 0.25) is 0 Å². The van der Waals surface area contributed by atoms with Gasteiger partial charge < -0.3 is 14.2 Å². The van der Waals surface area contributed by atoms with Gasteiger partial charge in [-0.25, -0.2) is 4.79 Å². The van der Waals surface area contributed by atoms with E-state index in [4.69, 9.17) is 18.4 Å². The van der Waals surface area contributed by atoms with Gasteiger partial charge in [0.25, 0.3) is 15.7 Å². The van der Waals surface area contributed by atoms with Crippen molar-refractivity contribution in [2.24, 2.45) is 0 Å². The fourth-order valence-electron chi connectivity index (χ4n) is 3.00. The summed E-state index contributed by atoms with van der Waals surface area (Å²) in [5, 5.41) is 0. The third-order valence-electron chi connectivity index (χ3n) is 4.22. The van der Waals surface area contributed by atoms with E-state index in [0.29, 0.717) is 0 Å². The summed E-state index contributed by atoms with van der Waals surface area (Å²) in [4.78, 5) is 49.5. The molecule has 1 aliphatic rings. The maximum absolute atomic E-state index is 12.4. The van der Waals surface area contributed by atoms with Gasteiger partial charge >= 0.3 is 17.6 Å². The molecule has 12 nitrogen and oxygen atoms in total. The molecule has 0 unspecified atom stereocenters. The Kier molecular flexibility index (Phi) is 7.21. The van der Waals surface area contributed by atoms with Gasteiger partial charge in [0.05, 0.1) is 6.26 Å². The fraction of sp³-hybridized carbons (Fsp3) is 0.647. The first-order valence-electron chi connectivity index (χ1n) is 8.99. The molecular formula is C17H24N2O10S. The van der Waals surface area contributed by atoms with Crippen LogP contribution in [0.15, 0.2) is 15.8 Å². The molecule has 0 bridgehead atoms. The summed E-state index contributed by atoms with van der Waals surface area (Å²) in [6, 6.07) is 0. The molecule has 1 saturated heterocycles. The van der Waals surface area contributed by atoms with Crippen LogP contribution in [0.1, 0.15) is 45.4 Å². The highest BCUT2D eigenvalue weighted by atomic mass is 32.2. The Morgan fingerprint density at radius 2 is 1.83 bits per heavy atom. The molecule has 0 aliphatic carbocycles. The predicted octanol–water partition coefficient (Wildman–Crippen LogP) is -0.603. The molecule has 168 valence electrons. The number of rotatable bonds is 7. The van der Waals surface area contributed by atoms with Gasteiger partial charge in [-0.2, -0.15) is 8.42 Å². The number of carbonyl (C=O) groups is 2. The van der Waals surface area contributed by atoms with Crippen molar-refractivity contribution in [3.05, 3.63) is 32.6 Å². The zero-order valence-corrected chi connectivity index (χ0v) is 17.9. The first-order valence-corrected chi connectivity index (χ1v) is 10.8. The summed E-state index contributed by atoms with van der Waals surface area (Å²) in [5.41, 5.74) is -1.20. The largest absolute Gasteiger partial charge is 0.463 e. The minimum atomic E-state index is -4.05. The van der Waals surface area contributed by atoms with Crippen LogP contribution in [0.4, 0.5) is 0 Å². The average Bonchev–Trinajstić information content (AvgIpc) is 2.88. The zero-order valence-electron chi connectivity index (χ0n) is 17.1. The SMILES string of the molecule is CC(=O)OC[C@H]1O[C@@H](n2cc(C(C)C)c(=O)[nH]c2=O)[C@H](OC(C)=O)[C@H]1OS(C)(=O)=O. The molecule has 1 aromatic heterocycles. The second-order valence-electron chi connectivity index (χ2n) is 7.11. The molecule has 2 heterocycles. The number of aromatic nitrogens is 2. The highest BCUT2D eigenvalue weighted by Gasteiger charge is 2.51. The number of esters is 2. The summed E-state index contributed by atoms with van der Waals surface area (Å²) >= 11 is 0. The quantitative estimate of drug-likeness (QED) is 0.421. The fourth-order valence-corrected chi connectivity index (χ4v) is 3.64. The minimum Gasteiger partial charge on any atom is -0.463 e. The van der Waals surface area contributed by atoms with Crippen molar-refractivity contribution in [3.63, 3.8) is 0 Å². The Morgan fingerprint density at radius 3 is 2.33 bits per heavy atom. The van der Waals surface area contributed by atoms with Crippen molar-refractivity contribution in [3.8, 4) is 0 Å². The van der Waals surface area contributed by atoms with Crippen molar-refractivity contribution >= 4 is 22.1 Å². The maximum Gasteiger partial charge on any atom is 0.330 e. The normalized spacial score (nSPS) is 24.1. The van der Waals surface area contributed by atoms with E-state index < -0.39 is 64.5 Å². The van der Waals surface area contributed by atoms with Gasteiger partial charge in [0, 0.05) is 25.6 Å². The van der Waals surface area contributed by atoms with Crippen molar-refractivity contribution in [1.82, 2.24) is 9.55 Å². The Hall–Kier alpha value is -2.51. The molecule has 1 N–H and O–H groups in total. The van der Waals surface area contributed by atoms with Crippen LogP contribution in [0, 0.1) is 0 Å². The van der Waals surface area contributed by atoms with E-state index in [2.05, 4.69) is 4.98 Å². The predicted molar refractivity (Wildman–Crippen MR) is 101 cm³/mol. The lowest BCUT2D eigenvalue weighted by molar-refractivity contribution is -0.155. The lowest BCUT2D eigenvalue weighted by Crippen LogP contribution is -2.43. The first kappa shape index (κ1) is 23.8. The van der Waals surface area contributed by atoms with Crippen LogP contribution in [-0.2, 0) is 38.1 Å². The molecule has 1 fully saturated rings. The van der Waals surface area contributed by atoms with E-state index >= 15 is 0 Å². The highest BCUT2D eigenvalue weighted by Crippen LogP contribution is 2.34. The smallest absolute Gasteiger partial charge is 0.330 e. The van der Waals surface area contributed by atoms with Gasteiger partial charge in [-0.15, -0.1) is 0 Å². The molecule has 13 heteroatoms. The van der Waals surface area contributed by atoms with E-state index in [1.54, 1.807) is 13.8 Å². The van der Waals surface area contributed by atoms with Gasteiger partial charge in [0.2, 0.25) is 0 Å². The second-order valence-corrected chi connectivity index (χ2v) is 8.71. The van der Waals surface area contributed by atoms with Crippen LogP contribution in [-0.4, -0.2) is 61.1 Å². The molecule has 0 saturated carbocycles. The van der Waals surface area contributed by atoms with Gasteiger partial charge in [0.15, 0.2) is 12.3 Å². The Morgan fingerprint density at radius 1 is 1.20 bits per heavy atom. The molecule has 2 rings (SSSR count). The van der Waals surface area contributed by atoms with Gasteiger partial charge in [0.1, 0.15) is 18.8 Å². The standard InChI is InChI=1S/C17H24N2O10S/c1-8(2)11-6-19(17(23)18-15(11)22)16-14(27-10(4)21)13(29-30(5,24)25)12(28-16)7-26-9(3)20/h6,8,12-14,16H,7H2,1-5H3,(H,18,22,23)/t12-,13+,14-,16-/m1/s1. The molecule has 1 aliphatic heterocycles. The summed E-state index contributed by atoms with van der Waals surface area (Å²) < 4.78 is 45.4. The highest BCUT2D eigenvalue weighted by molar-refractivity contribution is 7.86. The lowest BCUT2D eigenvalue weighted by atomic mass is 10.1. The number of ether oxygens (including phenoxy) is 3. The maximum atomic E-state index is 12.4. The van der Waals surface area contributed by atoms with Gasteiger partial charge in [-0.05, 0) is 5.92 Å². The molecule has 0 spiro atoms. The average molecular weight is 448 g/mol. The van der Waals surface area contributed by atoms with Gasteiger partial charge in [-0.1, -0.05) is 13.8 Å². The molecule has 0 aromatic carbocycles. The molecule has 30 heavy (non-hydrogen) atoms. The summed E-state index contributed by atoms with van der Waals surface area (Å²) in [6.07, 6.45) is -3.28. The summed E-state index contributed by atoms with van der Waals surface area (Å²) in [5.74, 6) is -1.70. The number of carbonyl (C=O) groups excluding carboxylic acids is 2. The summed E-state index contributed by atoms with van der Waals surface area (Å²) in [7, 11) is -4.05. The summed E-state index contributed by atoms with van der Waals surface area (Å²) in [6.45, 7) is 5.28. The third kappa shape index (κ3) is 5.77. The molecule has 0 amide bonds. The Balaban J connectivity index is 2.57. The number of hydrogen-bond acceptors (Lipinski definition) is 10. The molecule has 1 aromatic rings. The third-order valence-corrected chi connectivity index (χ3v) is 4.79. The number of nitrogens with one attached hydrogen (secondary N) is 1. The van der Waals surface area contributed by atoms with Crippen molar-refractivity contribution < 1.29 is 36.4 Å². The van der Waals surface area contributed by atoms with E-state index in [0.717, 1.165) is 24.7 Å². The second kappa shape index (κ2) is 9.10. The van der Waals surface area contributed by atoms with Crippen LogP contribution >= 0.6 is 0 Å². The van der Waals surface area contributed by atoms with Crippen LogP contribution < -0.4 is 11.2 Å². The lowest BCUT2D eigenvalue weighted by Gasteiger charge is -2.24. The molecule has 4 atom stereocenters.